The second-order valence-electron chi connectivity index (χ2n) is 7.39. The lowest BCUT2D eigenvalue weighted by Crippen LogP contribution is -2.47. The molecule has 2 saturated heterocycles. The molecule has 0 aromatic carbocycles. The highest BCUT2D eigenvalue weighted by molar-refractivity contribution is 9.10. The third-order valence-corrected chi connectivity index (χ3v) is 6.38. The van der Waals surface area contributed by atoms with Gasteiger partial charge in [0.2, 0.25) is 0 Å². The highest BCUT2D eigenvalue weighted by atomic mass is 79.9. The Bertz CT molecular complexity index is 999. The van der Waals surface area contributed by atoms with E-state index in [4.69, 9.17) is 4.74 Å². The van der Waals surface area contributed by atoms with Crippen molar-refractivity contribution in [1.82, 2.24) is 19.2 Å². The number of fused-ring (bicyclic) bond motifs is 1. The van der Waals surface area contributed by atoms with Crippen LogP contribution in [0.2, 0.25) is 0 Å². The number of rotatable bonds is 3. The first-order valence-corrected chi connectivity index (χ1v) is 10.5. The summed E-state index contributed by atoms with van der Waals surface area (Å²) in [6.45, 7) is 3.45. The van der Waals surface area contributed by atoms with Gasteiger partial charge in [-0.15, -0.1) is 0 Å². The van der Waals surface area contributed by atoms with E-state index in [9.17, 15) is 22.8 Å². The second kappa shape index (κ2) is 7.75. The van der Waals surface area contributed by atoms with Crippen LogP contribution < -0.4 is 0 Å². The van der Waals surface area contributed by atoms with Crippen molar-refractivity contribution in [3.63, 3.8) is 0 Å². The van der Waals surface area contributed by atoms with Gasteiger partial charge in [-0.3, -0.25) is 9.20 Å². The van der Waals surface area contributed by atoms with Crippen molar-refractivity contribution in [3.05, 3.63) is 33.7 Å². The van der Waals surface area contributed by atoms with Gasteiger partial charge in [0.25, 0.3) is 5.91 Å². The molecular weight excluding hydrogens is 469 g/mol. The number of carbonyl (C=O) groups excluding carboxylic acids is 2. The van der Waals surface area contributed by atoms with Crippen molar-refractivity contribution in [2.45, 2.75) is 38.4 Å². The SMILES string of the molecule is CCc1cc(C(F)(F)F)c2nc(C(=O)N3CCC(N4CCOC4=O)CC3)c(Br)n2c1. The summed E-state index contributed by atoms with van der Waals surface area (Å²) in [6.07, 6.45) is -1.78. The topological polar surface area (TPSA) is 67.2 Å². The largest absolute Gasteiger partial charge is 0.448 e. The number of ether oxygens (including phenoxy) is 1. The van der Waals surface area contributed by atoms with Crippen LogP contribution in [0.5, 0.6) is 0 Å². The number of pyridine rings is 1. The Kier molecular flexibility index (Phi) is 5.41. The van der Waals surface area contributed by atoms with Gasteiger partial charge in [0, 0.05) is 25.3 Å². The molecule has 0 spiro atoms. The van der Waals surface area contributed by atoms with Gasteiger partial charge in [0.15, 0.2) is 11.3 Å². The average molecular weight is 489 g/mol. The number of alkyl halides is 3. The fourth-order valence-electron chi connectivity index (χ4n) is 3.98. The average Bonchev–Trinajstić information content (AvgIpc) is 3.29. The van der Waals surface area contributed by atoms with E-state index in [-0.39, 0.29) is 28.1 Å². The Balaban J connectivity index is 1.60. The third-order valence-electron chi connectivity index (χ3n) is 5.62. The molecule has 4 heterocycles. The third kappa shape index (κ3) is 3.63. The number of aromatic nitrogens is 2. The van der Waals surface area contributed by atoms with Gasteiger partial charge in [-0.2, -0.15) is 13.2 Å². The van der Waals surface area contributed by atoms with Crippen molar-refractivity contribution in [1.29, 1.82) is 0 Å². The number of hydrogen-bond acceptors (Lipinski definition) is 4. The lowest BCUT2D eigenvalue weighted by molar-refractivity contribution is -0.136. The number of aryl methyl sites for hydroxylation is 1. The highest BCUT2D eigenvalue weighted by Crippen LogP contribution is 2.35. The van der Waals surface area contributed by atoms with Crippen LogP contribution in [0.15, 0.2) is 16.9 Å². The quantitative estimate of drug-likeness (QED) is 0.659. The number of imidazole rings is 1. The van der Waals surface area contributed by atoms with Crippen molar-refractivity contribution in [2.75, 3.05) is 26.2 Å². The van der Waals surface area contributed by atoms with Crippen LogP contribution in [0, 0.1) is 0 Å². The van der Waals surface area contributed by atoms with E-state index in [0.717, 1.165) is 6.07 Å². The Morgan fingerprint density at radius 3 is 2.57 bits per heavy atom. The maximum Gasteiger partial charge on any atom is 0.419 e. The van der Waals surface area contributed by atoms with Crippen LogP contribution in [0.25, 0.3) is 5.65 Å². The summed E-state index contributed by atoms with van der Waals surface area (Å²) in [5.74, 6) is -0.431. The molecule has 0 N–H and O–H groups in total. The highest BCUT2D eigenvalue weighted by Gasteiger charge is 2.37. The summed E-state index contributed by atoms with van der Waals surface area (Å²) in [5.41, 5.74) is -0.726. The van der Waals surface area contributed by atoms with Crippen molar-refractivity contribution >= 4 is 33.6 Å². The first-order valence-electron chi connectivity index (χ1n) is 9.71. The molecule has 7 nitrogen and oxygen atoms in total. The van der Waals surface area contributed by atoms with Crippen LogP contribution in [-0.4, -0.2) is 63.5 Å². The van der Waals surface area contributed by atoms with Crippen LogP contribution >= 0.6 is 15.9 Å². The summed E-state index contributed by atoms with van der Waals surface area (Å²) in [4.78, 5) is 32.1. The molecule has 0 saturated carbocycles. The van der Waals surface area contributed by atoms with E-state index in [1.807, 2.05) is 0 Å². The molecule has 162 valence electrons. The normalized spacial score (nSPS) is 18.4. The predicted octanol–water partition coefficient (Wildman–Crippen LogP) is 3.73. The van der Waals surface area contributed by atoms with Gasteiger partial charge in [-0.25, -0.2) is 9.78 Å². The lowest BCUT2D eigenvalue weighted by atomic mass is 10.0. The minimum Gasteiger partial charge on any atom is -0.448 e. The summed E-state index contributed by atoms with van der Waals surface area (Å²) in [6, 6.07) is 1.07. The Labute approximate surface area is 178 Å². The zero-order valence-electron chi connectivity index (χ0n) is 16.2. The van der Waals surface area contributed by atoms with Crippen molar-refractivity contribution in [2.24, 2.45) is 0 Å². The molecular formula is C19H20BrF3N4O3. The molecule has 0 aliphatic carbocycles. The van der Waals surface area contributed by atoms with Crippen LogP contribution in [0.1, 0.15) is 41.4 Å². The Morgan fingerprint density at radius 1 is 1.30 bits per heavy atom. The standard InChI is InChI=1S/C19H20BrF3N4O3/c1-2-11-9-13(19(21,22)23)16-24-14(15(20)27(16)10-11)17(28)25-5-3-12(4-6-25)26-7-8-30-18(26)29/h9-10,12H,2-8H2,1H3. The first-order chi connectivity index (χ1) is 14.2. The van der Waals surface area contributed by atoms with Gasteiger partial charge in [-0.1, -0.05) is 6.92 Å². The van der Waals surface area contributed by atoms with Crippen molar-refractivity contribution < 1.29 is 27.5 Å². The molecule has 0 atom stereocenters. The van der Waals surface area contributed by atoms with Gasteiger partial charge >= 0.3 is 12.3 Å². The minimum absolute atomic E-state index is 0.00231. The zero-order valence-corrected chi connectivity index (χ0v) is 17.8. The molecule has 2 aliphatic heterocycles. The smallest absolute Gasteiger partial charge is 0.419 e. The second-order valence-corrected chi connectivity index (χ2v) is 8.14. The summed E-state index contributed by atoms with van der Waals surface area (Å²) >= 11 is 3.27. The van der Waals surface area contributed by atoms with Crippen LogP contribution in [0.3, 0.4) is 0 Å². The Hall–Kier alpha value is -2.30. The first kappa shape index (κ1) is 21.0. The summed E-state index contributed by atoms with van der Waals surface area (Å²) < 4.78 is 47.1. The van der Waals surface area contributed by atoms with Crippen LogP contribution in [-0.2, 0) is 17.3 Å². The maximum atomic E-state index is 13.5. The molecule has 2 aromatic rings. The molecule has 0 bridgehead atoms. The molecule has 4 rings (SSSR count). The van der Waals surface area contributed by atoms with E-state index in [1.54, 1.807) is 22.9 Å². The fourth-order valence-corrected chi connectivity index (χ4v) is 4.51. The maximum absolute atomic E-state index is 13.5. The number of carbonyl (C=O) groups is 2. The number of likely N-dealkylation sites (tertiary alicyclic amines) is 1. The van der Waals surface area contributed by atoms with Gasteiger partial charge < -0.3 is 14.5 Å². The molecule has 2 aromatic heterocycles. The minimum atomic E-state index is -4.58. The zero-order chi connectivity index (χ0) is 21.6. The number of piperidine rings is 1. The molecule has 0 radical (unpaired) electrons. The monoisotopic (exact) mass is 488 g/mol. The molecule has 2 fully saturated rings. The van der Waals surface area contributed by atoms with E-state index < -0.39 is 17.6 Å². The molecule has 2 amide bonds. The number of halogens is 4. The molecule has 2 aliphatic rings. The lowest BCUT2D eigenvalue weighted by Gasteiger charge is -2.35. The number of amides is 2. The molecule has 30 heavy (non-hydrogen) atoms. The van der Waals surface area contributed by atoms with E-state index in [1.165, 1.54) is 4.40 Å². The Morgan fingerprint density at radius 2 is 2.00 bits per heavy atom. The molecule has 0 unspecified atom stereocenters. The number of hydrogen-bond donors (Lipinski definition) is 0. The fraction of sp³-hybridized carbons (Fsp3) is 0.526. The van der Waals surface area contributed by atoms with Gasteiger partial charge in [-0.05, 0) is 46.8 Å². The molecule has 11 heteroatoms. The van der Waals surface area contributed by atoms with Crippen LogP contribution in [0.4, 0.5) is 18.0 Å². The summed E-state index contributed by atoms with van der Waals surface area (Å²) in [7, 11) is 0. The van der Waals surface area contributed by atoms with E-state index in [0.29, 0.717) is 51.1 Å². The van der Waals surface area contributed by atoms with Gasteiger partial charge in [0.05, 0.1) is 12.1 Å². The summed E-state index contributed by atoms with van der Waals surface area (Å²) in [5, 5.41) is 0. The number of cyclic esters (lactones) is 1. The predicted molar refractivity (Wildman–Crippen MR) is 104 cm³/mol. The van der Waals surface area contributed by atoms with Gasteiger partial charge in [0.1, 0.15) is 11.2 Å². The van der Waals surface area contributed by atoms with Crippen molar-refractivity contribution in [3.8, 4) is 0 Å². The van der Waals surface area contributed by atoms with E-state index >= 15 is 0 Å². The number of nitrogens with zero attached hydrogens (tertiary/aromatic N) is 4. The van der Waals surface area contributed by atoms with E-state index in [2.05, 4.69) is 20.9 Å².